The normalized spacial score (nSPS) is 12.1. The maximum Gasteiger partial charge on any atom is 0.260 e. The molecule has 1 unspecified atom stereocenters. The summed E-state index contributed by atoms with van der Waals surface area (Å²) >= 11 is 0. The van der Waals surface area contributed by atoms with E-state index in [1.165, 1.54) is 0 Å². The van der Waals surface area contributed by atoms with Gasteiger partial charge in [-0.15, -0.1) is 0 Å². The highest BCUT2D eigenvalue weighted by Crippen LogP contribution is 2.27. The topological polar surface area (TPSA) is 73.6 Å². The Kier molecular flexibility index (Phi) is 4.83. The van der Waals surface area contributed by atoms with Gasteiger partial charge in [-0.1, -0.05) is 0 Å². The third-order valence-corrected chi connectivity index (χ3v) is 2.32. The van der Waals surface area contributed by atoms with Gasteiger partial charge in [0.2, 0.25) is 0 Å². The summed E-state index contributed by atoms with van der Waals surface area (Å²) in [6, 6.07) is 5.16. The fraction of sp³-hybridized carbons (Fsp3) is 0.462. The largest absolute Gasteiger partial charge is 0.497 e. The Morgan fingerprint density at radius 1 is 1.33 bits per heavy atom. The highest BCUT2D eigenvalue weighted by molar-refractivity contribution is 5.81. The zero-order valence-corrected chi connectivity index (χ0v) is 11.2. The highest BCUT2D eigenvalue weighted by Gasteiger charge is 2.16. The molecule has 1 atom stereocenters. The van der Waals surface area contributed by atoms with Gasteiger partial charge in [0.1, 0.15) is 11.5 Å². The van der Waals surface area contributed by atoms with E-state index in [1.54, 1.807) is 32.2 Å². The number of amides is 1. The fourth-order valence-corrected chi connectivity index (χ4v) is 1.41. The Labute approximate surface area is 107 Å². The van der Waals surface area contributed by atoms with E-state index in [2.05, 4.69) is 5.32 Å². The number of hydrogen-bond donors (Lipinski definition) is 2. The molecule has 5 heteroatoms. The lowest BCUT2D eigenvalue weighted by atomic mass is 10.2. The number of hydrogen-bond acceptors (Lipinski definition) is 4. The van der Waals surface area contributed by atoms with Crippen LogP contribution in [0.3, 0.4) is 0 Å². The van der Waals surface area contributed by atoms with E-state index in [0.29, 0.717) is 17.2 Å². The molecule has 3 N–H and O–H groups in total. The van der Waals surface area contributed by atoms with Crippen molar-refractivity contribution in [3.05, 3.63) is 18.2 Å². The van der Waals surface area contributed by atoms with E-state index in [-0.39, 0.29) is 11.9 Å². The molecular formula is C13H20N2O3. The van der Waals surface area contributed by atoms with Crippen molar-refractivity contribution >= 4 is 11.6 Å². The number of nitrogen functional groups attached to an aromatic ring is 1. The van der Waals surface area contributed by atoms with Gasteiger partial charge in [0.25, 0.3) is 5.91 Å². The molecule has 0 radical (unpaired) electrons. The average Bonchev–Trinajstić information content (AvgIpc) is 2.30. The number of nitrogens with two attached hydrogens (primary N) is 1. The molecule has 0 bridgehead atoms. The van der Waals surface area contributed by atoms with Crippen LogP contribution in [-0.2, 0) is 4.79 Å². The van der Waals surface area contributed by atoms with Crippen LogP contribution in [0, 0.1) is 0 Å². The van der Waals surface area contributed by atoms with Crippen LogP contribution in [0.1, 0.15) is 20.8 Å². The molecule has 0 aliphatic carbocycles. The molecule has 1 rings (SSSR count). The number of carbonyl (C=O) groups is 1. The smallest absolute Gasteiger partial charge is 0.260 e. The molecule has 0 aliphatic heterocycles. The Bertz CT molecular complexity index is 419. The van der Waals surface area contributed by atoms with Gasteiger partial charge in [0.15, 0.2) is 6.10 Å². The maximum atomic E-state index is 11.7. The van der Waals surface area contributed by atoms with Crippen LogP contribution in [-0.4, -0.2) is 25.2 Å². The molecule has 0 aromatic heterocycles. The summed E-state index contributed by atoms with van der Waals surface area (Å²) in [4.78, 5) is 11.7. The van der Waals surface area contributed by atoms with Crippen molar-refractivity contribution < 1.29 is 14.3 Å². The van der Waals surface area contributed by atoms with Gasteiger partial charge in [-0.05, 0) is 32.9 Å². The van der Waals surface area contributed by atoms with E-state index in [1.807, 2.05) is 13.8 Å². The average molecular weight is 252 g/mol. The predicted octanol–water partition coefficient (Wildman–Crippen LogP) is 1.57. The molecule has 0 aliphatic rings. The lowest BCUT2D eigenvalue weighted by molar-refractivity contribution is -0.127. The highest BCUT2D eigenvalue weighted by atomic mass is 16.5. The summed E-state index contributed by atoms with van der Waals surface area (Å²) in [5, 5.41) is 2.78. The molecule has 0 fully saturated rings. The second-order valence-electron chi connectivity index (χ2n) is 4.33. The van der Waals surface area contributed by atoms with Gasteiger partial charge in [-0.2, -0.15) is 0 Å². The van der Waals surface area contributed by atoms with Crippen molar-refractivity contribution in [1.82, 2.24) is 5.32 Å². The van der Waals surface area contributed by atoms with Gasteiger partial charge in [0.05, 0.1) is 12.8 Å². The first-order valence-electron chi connectivity index (χ1n) is 5.84. The van der Waals surface area contributed by atoms with Crippen LogP contribution >= 0.6 is 0 Å². The van der Waals surface area contributed by atoms with Crippen molar-refractivity contribution in [2.24, 2.45) is 0 Å². The first-order valence-corrected chi connectivity index (χ1v) is 5.84. The Morgan fingerprint density at radius 3 is 2.50 bits per heavy atom. The van der Waals surface area contributed by atoms with Gasteiger partial charge in [-0.3, -0.25) is 4.79 Å². The summed E-state index contributed by atoms with van der Waals surface area (Å²) in [5.74, 6) is 0.960. The Hall–Kier alpha value is -1.91. The van der Waals surface area contributed by atoms with Gasteiger partial charge in [0, 0.05) is 12.1 Å². The van der Waals surface area contributed by atoms with Gasteiger partial charge >= 0.3 is 0 Å². The lowest BCUT2D eigenvalue weighted by Crippen LogP contribution is -2.40. The molecule has 5 nitrogen and oxygen atoms in total. The van der Waals surface area contributed by atoms with Crippen LogP contribution < -0.4 is 20.5 Å². The molecular weight excluding hydrogens is 232 g/mol. The molecule has 0 heterocycles. The van der Waals surface area contributed by atoms with E-state index in [0.717, 1.165) is 0 Å². The minimum absolute atomic E-state index is 0.0803. The van der Waals surface area contributed by atoms with Crippen LogP contribution in [0.25, 0.3) is 0 Å². The van der Waals surface area contributed by atoms with E-state index in [4.69, 9.17) is 15.2 Å². The second-order valence-corrected chi connectivity index (χ2v) is 4.33. The standard InChI is InChI=1S/C13H20N2O3/c1-8(2)15-13(16)9(3)18-12-6-5-10(17-4)7-11(12)14/h5-9H,14H2,1-4H3,(H,15,16). The summed E-state index contributed by atoms with van der Waals surface area (Å²) in [6.07, 6.45) is -0.594. The lowest BCUT2D eigenvalue weighted by Gasteiger charge is -2.17. The van der Waals surface area contributed by atoms with Crippen LogP contribution in [0.15, 0.2) is 18.2 Å². The number of carbonyl (C=O) groups excluding carboxylic acids is 1. The minimum Gasteiger partial charge on any atom is -0.497 e. The second kappa shape index (κ2) is 6.14. The molecule has 1 aromatic carbocycles. The van der Waals surface area contributed by atoms with Crippen LogP contribution in [0.4, 0.5) is 5.69 Å². The van der Waals surface area contributed by atoms with Gasteiger partial charge < -0.3 is 20.5 Å². The minimum atomic E-state index is -0.594. The Morgan fingerprint density at radius 2 is 2.00 bits per heavy atom. The number of methoxy groups -OCH3 is 1. The first-order chi connectivity index (χ1) is 8.43. The number of benzene rings is 1. The predicted molar refractivity (Wildman–Crippen MR) is 70.8 cm³/mol. The zero-order valence-electron chi connectivity index (χ0n) is 11.2. The van der Waals surface area contributed by atoms with Gasteiger partial charge in [-0.25, -0.2) is 0 Å². The molecule has 0 saturated heterocycles. The van der Waals surface area contributed by atoms with Crippen LogP contribution in [0.5, 0.6) is 11.5 Å². The summed E-state index contributed by atoms with van der Waals surface area (Å²) in [5.41, 5.74) is 6.25. The number of rotatable bonds is 5. The van der Waals surface area contributed by atoms with Crippen molar-refractivity contribution in [3.8, 4) is 11.5 Å². The quantitative estimate of drug-likeness (QED) is 0.780. The first kappa shape index (κ1) is 14.2. The molecule has 0 spiro atoms. The van der Waals surface area contributed by atoms with Crippen LogP contribution in [0.2, 0.25) is 0 Å². The SMILES string of the molecule is COc1ccc(OC(C)C(=O)NC(C)C)c(N)c1. The molecule has 0 saturated carbocycles. The Balaban J connectivity index is 2.69. The number of ether oxygens (including phenoxy) is 2. The molecule has 18 heavy (non-hydrogen) atoms. The van der Waals surface area contributed by atoms with E-state index < -0.39 is 6.10 Å². The third kappa shape index (κ3) is 3.84. The third-order valence-electron chi connectivity index (χ3n) is 2.32. The molecule has 1 aromatic rings. The number of nitrogens with one attached hydrogen (secondary N) is 1. The van der Waals surface area contributed by atoms with Crippen molar-refractivity contribution in [2.45, 2.75) is 32.9 Å². The number of anilines is 1. The van der Waals surface area contributed by atoms with Crippen molar-refractivity contribution in [2.75, 3.05) is 12.8 Å². The fourth-order valence-electron chi connectivity index (χ4n) is 1.41. The summed E-state index contributed by atoms with van der Waals surface area (Å²) in [7, 11) is 1.56. The van der Waals surface area contributed by atoms with E-state index >= 15 is 0 Å². The zero-order chi connectivity index (χ0) is 13.7. The summed E-state index contributed by atoms with van der Waals surface area (Å²) < 4.78 is 10.6. The van der Waals surface area contributed by atoms with E-state index in [9.17, 15) is 4.79 Å². The molecule has 1 amide bonds. The van der Waals surface area contributed by atoms with Crippen molar-refractivity contribution in [3.63, 3.8) is 0 Å². The monoisotopic (exact) mass is 252 g/mol. The van der Waals surface area contributed by atoms with Crippen molar-refractivity contribution in [1.29, 1.82) is 0 Å². The summed E-state index contributed by atoms with van der Waals surface area (Å²) in [6.45, 7) is 5.47. The maximum absolute atomic E-state index is 11.7. The molecule has 100 valence electrons.